The van der Waals surface area contributed by atoms with Gasteiger partial charge in [-0.05, 0) is 24.1 Å². The van der Waals surface area contributed by atoms with Crippen LogP contribution in [0.2, 0.25) is 0 Å². The smallest absolute Gasteiger partial charge is 0.232 e. The Morgan fingerprint density at radius 3 is 2.74 bits per heavy atom. The average molecular weight is 287 g/mol. The maximum atomic E-state index is 11.7. The highest BCUT2D eigenvalue weighted by atomic mass is 32.2. The molecule has 1 N–H and O–H groups in total. The average Bonchev–Trinajstić information content (AvgIpc) is 2.34. The molecule has 0 aromatic heterocycles. The van der Waals surface area contributed by atoms with Gasteiger partial charge >= 0.3 is 0 Å². The second-order valence-corrected chi connectivity index (χ2v) is 6.01. The van der Waals surface area contributed by atoms with Crippen molar-refractivity contribution >= 4 is 15.7 Å². The Balaban J connectivity index is 2.57. The number of benzene rings is 1. The van der Waals surface area contributed by atoms with Crippen molar-refractivity contribution in [2.75, 3.05) is 30.8 Å². The summed E-state index contributed by atoms with van der Waals surface area (Å²) in [5.74, 6) is 0.127. The number of hydrogen-bond acceptors (Lipinski definition) is 4. The van der Waals surface area contributed by atoms with Gasteiger partial charge < -0.3 is 9.47 Å². The molecule has 0 fully saturated rings. The van der Waals surface area contributed by atoms with Gasteiger partial charge in [0.25, 0.3) is 0 Å². The molecule has 0 aliphatic heterocycles. The lowest BCUT2D eigenvalue weighted by molar-refractivity contribution is 0.0617. The van der Waals surface area contributed by atoms with E-state index in [1.54, 1.807) is 25.3 Å². The first kappa shape index (κ1) is 15.9. The molecule has 0 aliphatic carbocycles. The number of hydrogen-bond donors (Lipinski definition) is 1. The van der Waals surface area contributed by atoms with Crippen LogP contribution in [-0.4, -0.2) is 34.5 Å². The normalized spacial score (nSPS) is 11.5. The zero-order chi connectivity index (χ0) is 14.1. The van der Waals surface area contributed by atoms with Crippen molar-refractivity contribution in [3.8, 4) is 0 Å². The molecule has 0 heterocycles. The van der Waals surface area contributed by atoms with E-state index >= 15 is 0 Å². The molecule has 5 nitrogen and oxygen atoms in total. The number of nitrogens with one attached hydrogen (secondary N) is 1. The molecule has 1 aromatic rings. The van der Waals surface area contributed by atoms with Crippen LogP contribution < -0.4 is 4.72 Å². The van der Waals surface area contributed by atoms with Crippen LogP contribution in [0.5, 0.6) is 0 Å². The van der Waals surface area contributed by atoms with Crippen molar-refractivity contribution in [3.05, 3.63) is 29.8 Å². The Hall–Kier alpha value is -1.11. The largest absolute Gasteiger partial charge is 0.382 e. The third-order valence-corrected chi connectivity index (χ3v) is 3.87. The summed E-state index contributed by atoms with van der Waals surface area (Å²) in [6, 6.07) is 7.20. The second-order valence-electron chi connectivity index (χ2n) is 4.17. The third kappa shape index (κ3) is 6.56. The predicted molar refractivity (Wildman–Crippen MR) is 75.7 cm³/mol. The summed E-state index contributed by atoms with van der Waals surface area (Å²) in [4.78, 5) is 0. The molecule has 0 spiro atoms. The first-order valence-corrected chi connectivity index (χ1v) is 7.88. The van der Waals surface area contributed by atoms with E-state index in [0.717, 1.165) is 5.56 Å². The Morgan fingerprint density at radius 2 is 2.05 bits per heavy atom. The Bertz CT molecular complexity index is 473. The van der Waals surface area contributed by atoms with Crippen LogP contribution in [0.3, 0.4) is 0 Å². The Kier molecular flexibility index (Phi) is 6.83. The zero-order valence-corrected chi connectivity index (χ0v) is 12.2. The number of sulfonamides is 1. The first-order chi connectivity index (χ1) is 9.07. The zero-order valence-electron chi connectivity index (χ0n) is 11.4. The van der Waals surface area contributed by atoms with Crippen molar-refractivity contribution in [2.45, 2.75) is 20.0 Å². The minimum atomic E-state index is -3.24. The van der Waals surface area contributed by atoms with E-state index in [1.807, 2.05) is 13.0 Å². The molecule has 0 amide bonds. The molecule has 6 heteroatoms. The van der Waals surface area contributed by atoms with Crippen LogP contribution in [0.25, 0.3) is 0 Å². The quantitative estimate of drug-likeness (QED) is 0.706. The maximum absolute atomic E-state index is 11.7. The topological polar surface area (TPSA) is 64.6 Å². The van der Waals surface area contributed by atoms with Crippen molar-refractivity contribution < 1.29 is 17.9 Å². The number of rotatable bonds is 9. The summed E-state index contributed by atoms with van der Waals surface area (Å²) in [7, 11) is -1.62. The van der Waals surface area contributed by atoms with Crippen molar-refractivity contribution in [1.29, 1.82) is 0 Å². The fourth-order valence-electron chi connectivity index (χ4n) is 1.56. The predicted octanol–water partition coefficient (Wildman–Crippen LogP) is 2.00. The highest BCUT2D eigenvalue weighted by molar-refractivity contribution is 7.92. The summed E-state index contributed by atoms with van der Waals surface area (Å²) >= 11 is 0. The van der Waals surface area contributed by atoms with Gasteiger partial charge in [-0.3, -0.25) is 4.72 Å². The molecule has 0 bridgehead atoms. The molecule has 0 saturated carbocycles. The SMILES string of the molecule is CCCS(=O)(=O)Nc1cccc(COCCOC)c1. The third-order valence-electron chi connectivity index (χ3n) is 2.37. The Morgan fingerprint density at radius 1 is 1.26 bits per heavy atom. The first-order valence-electron chi connectivity index (χ1n) is 6.23. The van der Waals surface area contributed by atoms with Crippen molar-refractivity contribution in [3.63, 3.8) is 0 Å². The fourth-order valence-corrected chi connectivity index (χ4v) is 2.68. The van der Waals surface area contributed by atoms with Crippen molar-refractivity contribution in [2.24, 2.45) is 0 Å². The maximum Gasteiger partial charge on any atom is 0.232 e. The second kappa shape index (κ2) is 8.14. The van der Waals surface area contributed by atoms with Gasteiger partial charge in [0.05, 0.1) is 25.6 Å². The summed E-state index contributed by atoms with van der Waals surface area (Å²) in [6.07, 6.45) is 0.592. The van der Waals surface area contributed by atoms with Crippen LogP contribution in [-0.2, 0) is 26.1 Å². The van der Waals surface area contributed by atoms with Gasteiger partial charge in [0.15, 0.2) is 0 Å². The van der Waals surface area contributed by atoms with Gasteiger partial charge in [-0.25, -0.2) is 8.42 Å². The highest BCUT2D eigenvalue weighted by Crippen LogP contribution is 2.13. The molecule has 0 unspecified atom stereocenters. The molecule has 0 aliphatic rings. The van der Waals surface area contributed by atoms with Gasteiger partial charge in [0.2, 0.25) is 10.0 Å². The minimum absolute atomic E-state index is 0.127. The molecular formula is C13H21NO4S. The molecule has 1 rings (SSSR count). The van der Waals surface area contributed by atoms with E-state index in [2.05, 4.69) is 4.72 Å². The van der Waals surface area contributed by atoms with Gasteiger partial charge in [-0.1, -0.05) is 19.1 Å². The summed E-state index contributed by atoms with van der Waals surface area (Å²) in [6.45, 7) is 3.33. The number of methoxy groups -OCH3 is 1. The summed E-state index contributed by atoms with van der Waals surface area (Å²) in [5.41, 5.74) is 1.49. The van der Waals surface area contributed by atoms with Crippen molar-refractivity contribution in [1.82, 2.24) is 0 Å². The number of ether oxygens (including phenoxy) is 2. The van der Waals surface area contributed by atoms with E-state index < -0.39 is 10.0 Å². The molecular weight excluding hydrogens is 266 g/mol. The van der Waals surface area contributed by atoms with Crippen LogP contribution in [0.15, 0.2) is 24.3 Å². The molecule has 1 aromatic carbocycles. The van der Waals surface area contributed by atoms with Gasteiger partial charge in [-0.2, -0.15) is 0 Å². The van der Waals surface area contributed by atoms with E-state index in [0.29, 0.717) is 31.9 Å². The van der Waals surface area contributed by atoms with E-state index in [4.69, 9.17) is 9.47 Å². The molecule has 0 saturated heterocycles. The fraction of sp³-hybridized carbons (Fsp3) is 0.538. The van der Waals surface area contributed by atoms with Crippen LogP contribution in [0.1, 0.15) is 18.9 Å². The lowest BCUT2D eigenvalue weighted by Crippen LogP contribution is -2.16. The van der Waals surface area contributed by atoms with Crippen LogP contribution in [0, 0.1) is 0 Å². The van der Waals surface area contributed by atoms with E-state index in [-0.39, 0.29) is 5.75 Å². The molecule has 0 atom stereocenters. The van der Waals surface area contributed by atoms with Crippen LogP contribution in [0.4, 0.5) is 5.69 Å². The highest BCUT2D eigenvalue weighted by Gasteiger charge is 2.08. The monoisotopic (exact) mass is 287 g/mol. The minimum Gasteiger partial charge on any atom is -0.382 e. The lowest BCUT2D eigenvalue weighted by atomic mass is 10.2. The standard InChI is InChI=1S/C13H21NO4S/c1-3-9-19(15,16)14-13-6-4-5-12(10-13)11-18-8-7-17-2/h4-6,10,14H,3,7-9,11H2,1-2H3. The van der Waals surface area contributed by atoms with E-state index in [1.165, 1.54) is 0 Å². The van der Waals surface area contributed by atoms with Gasteiger partial charge in [-0.15, -0.1) is 0 Å². The Labute approximate surface area is 115 Å². The van der Waals surface area contributed by atoms with E-state index in [9.17, 15) is 8.42 Å². The molecule has 19 heavy (non-hydrogen) atoms. The lowest BCUT2D eigenvalue weighted by Gasteiger charge is -2.09. The van der Waals surface area contributed by atoms with Gasteiger partial charge in [0, 0.05) is 12.8 Å². The molecule has 0 radical (unpaired) electrons. The van der Waals surface area contributed by atoms with Gasteiger partial charge in [0.1, 0.15) is 0 Å². The summed E-state index contributed by atoms with van der Waals surface area (Å²) < 4.78 is 36.1. The molecule has 108 valence electrons. The number of anilines is 1. The summed E-state index contributed by atoms with van der Waals surface area (Å²) in [5, 5.41) is 0. The van der Waals surface area contributed by atoms with Crippen LogP contribution >= 0.6 is 0 Å².